The number of methoxy groups -OCH3 is 2. The highest BCUT2D eigenvalue weighted by Crippen LogP contribution is 2.40. The van der Waals surface area contributed by atoms with E-state index in [-0.39, 0.29) is 42.6 Å². The fourth-order valence-electron chi connectivity index (χ4n) is 5.86. The van der Waals surface area contributed by atoms with Gasteiger partial charge in [0.05, 0.1) is 73.2 Å². The molecule has 0 spiro atoms. The van der Waals surface area contributed by atoms with Gasteiger partial charge in [-0.25, -0.2) is 0 Å². The van der Waals surface area contributed by atoms with Crippen molar-refractivity contribution >= 4 is 31.0 Å². The molecular weight excluding hydrogens is 769 g/mol. The summed E-state index contributed by atoms with van der Waals surface area (Å²) in [5.74, 6) is -0.233. The predicted octanol–water partition coefficient (Wildman–Crippen LogP) is 5.63. The molecule has 308 valence electrons. The van der Waals surface area contributed by atoms with E-state index in [2.05, 4.69) is 0 Å². The van der Waals surface area contributed by atoms with E-state index in [0.717, 1.165) is 40.1 Å². The van der Waals surface area contributed by atoms with Gasteiger partial charge in [-0.3, -0.25) is 8.74 Å². The summed E-state index contributed by atoms with van der Waals surface area (Å²) in [6.45, 7) is 7.98. The molecule has 0 saturated heterocycles. The predicted molar refractivity (Wildman–Crippen MR) is 212 cm³/mol. The highest BCUT2D eigenvalue weighted by Gasteiger charge is 2.22. The summed E-state index contributed by atoms with van der Waals surface area (Å²) in [5, 5.41) is 1.68. The van der Waals surface area contributed by atoms with Gasteiger partial charge in [-0.15, -0.1) is 0 Å². The lowest BCUT2D eigenvalue weighted by Crippen LogP contribution is -2.13. The average molecular weight is 821 g/mol. The normalized spacial score (nSPS) is 12.0. The Hall–Kier alpha value is -3.68. The van der Waals surface area contributed by atoms with Crippen molar-refractivity contribution in [1.82, 2.24) is 0 Å². The SMILES string of the molecule is COCCOCCOCCOc1ccc(-c2cc(C)cc3c(-c4ccc(OCCOCCOCCOC)c(S(=O)(=O)OC)c4)cc(C)cc23)cc1CS(=O)(=O)O. The number of aryl methyl sites for hydroxylation is 2. The van der Waals surface area contributed by atoms with Gasteiger partial charge in [-0.05, 0) is 82.3 Å². The molecule has 0 fully saturated rings. The smallest absolute Gasteiger partial charge is 0.300 e. The Morgan fingerprint density at radius 1 is 0.518 bits per heavy atom. The topological polar surface area (TPSA) is 172 Å². The summed E-state index contributed by atoms with van der Waals surface area (Å²) < 4.78 is 109. The molecule has 0 aromatic heterocycles. The highest BCUT2D eigenvalue weighted by atomic mass is 32.2. The first-order valence-electron chi connectivity index (χ1n) is 18.0. The van der Waals surface area contributed by atoms with Gasteiger partial charge in [0.25, 0.3) is 20.2 Å². The van der Waals surface area contributed by atoms with Crippen molar-refractivity contribution in [2.75, 3.05) is 101 Å². The minimum Gasteiger partial charge on any atom is -0.491 e. The fourth-order valence-corrected chi connectivity index (χ4v) is 7.30. The summed E-state index contributed by atoms with van der Waals surface area (Å²) in [6.07, 6.45) is 0. The van der Waals surface area contributed by atoms with Gasteiger partial charge in [0, 0.05) is 19.8 Å². The second-order valence-corrected chi connectivity index (χ2v) is 15.8. The molecule has 4 rings (SSSR count). The standard InChI is InChI=1S/C40H52O14S2/c1-29-22-34(31-6-8-38(33(26-31)28-55(41,42)43)53-20-18-51-16-14-49-12-10-46-3)36-24-30(2)23-35(37(36)25-29)32-7-9-39(40(27-32)56(44,45)48-5)54-21-19-52-17-15-50-13-11-47-4/h6-9,22-27H,10-21,28H2,1-5H3,(H,41,42,43). The minimum absolute atomic E-state index is 0.0991. The monoisotopic (exact) mass is 820 g/mol. The number of rotatable bonds is 26. The second-order valence-electron chi connectivity index (χ2n) is 12.7. The van der Waals surface area contributed by atoms with E-state index in [1.165, 1.54) is 6.07 Å². The molecule has 0 radical (unpaired) electrons. The fraction of sp³-hybridized carbons (Fsp3) is 0.450. The zero-order chi connectivity index (χ0) is 40.6. The number of hydrogen-bond acceptors (Lipinski definition) is 13. The average Bonchev–Trinajstić information content (AvgIpc) is 3.16. The first kappa shape index (κ1) is 45.0. The van der Waals surface area contributed by atoms with Crippen LogP contribution in [0, 0.1) is 13.8 Å². The van der Waals surface area contributed by atoms with Crippen LogP contribution in [0.1, 0.15) is 16.7 Å². The van der Waals surface area contributed by atoms with Gasteiger partial charge in [0.2, 0.25) is 0 Å². The van der Waals surface area contributed by atoms with Crippen LogP contribution in [0.3, 0.4) is 0 Å². The molecule has 56 heavy (non-hydrogen) atoms. The largest absolute Gasteiger partial charge is 0.491 e. The van der Waals surface area contributed by atoms with Crippen molar-refractivity contribution in [2.24, 2.45) is 0 Å². The quantitative estimate of drug-likeness (QED) is 0.0470. The van der Waals surface area contributed by atoms with Gasteiger partial charge in [-0.2, -0.15) is 16.8 Å². The van der Waals surface area contributed by atoms with Gasteiger partial charge < -0.3 is 37.9 Å². The summed E-state index contributed by atoms with van der Waals surface area (Å²) in [5.41, 5.74) is 4.97. The van der Waals surface area contributed by atoms with Crippen molar-refractivity contribution in [1.29, 1.82) is 0 Å². The molecule has 14 nitrogen and oxygen atoms in total. The molecule has 0 atom stereocenters. The van der Waals surface area contributed by atoms with Crippen LogP contribution in [0.5, 0.6) is 11.5 Å². The first-order valence-corrected chi connectivity index (χ1v) is 21.0. The number of hydrogen-bond donors (Lipinski definition) is 1. The van der Waals surface area contributed by atoms with E-state index < -0.39 is 26.0 Å². The van der Waals surface area contributed by atoms with Crippen LogP contribution < -0.4 is 9.47 Å². The van der Waals surface area contributed by atoms with Gasteiger partial charge in [0.1, 0.15) is 35.4 Å². The van der Waals surface area contributed by atoms with Gasteiger partial charge in [0.15, 0.2) is 0 Å². The molecule has 4 aromatic rings. The molecule has 0 unspecified atom stereocenters. The zero-order valence-corrected chi connectivity index (χ0v) is 34.2. The Morgan fingerprint density at radius 3 is 1.41 bits per heavy atom. The van der Waals surface area contributed by atoms with Crippen molar-refractivity contribution in [3.05, 3.63) is 77.4 Å². The zero-order valence-electron chi connectivity index (χ0n) is 32.5. The van der Waals surface area contributed by atoms with Crippen LogP contribution >= 0.6 is 0 Å². The number of fused-ring (bicyclic) bond motifs is 1. The van der Waals surface area contributed by atoms with Crippen molar-refractivity contribution < 1.29 is 63.5 Å². The maximum Gasteiger partial charge on any atom is 0.300 e. The summed E-state index contributed by atoms with van der Waals surface area (Å²) in [6, 6.07) is 18.1. The van der Waals surface area contributed by atoms with E-state index in [9.17, 15) is 21.4 Å². The number of benzene rings is 4. The van der Waals surface area contributed by atoms with Crippen LogP contribution in [-0.2, 0) is 58.6 Å². The molecule has 0 aliphatic carbocycles. The lowest BCUT2D eigenvalue weighted by Gasteiger charge is -2.18. The molecule has 0 saturated carbocycles. The third kappa shape index (κ3) is 13.8. The Kier molecular flexibility index (Phi) is 17.9. The molecule has 4 aromatic carbocycles. The molecule has 0 aliphatic heterocycles. The van der Waals surface area contributed by atoms with Crippen LogP contribution in [-0.4, -0.2) is 122 Å². The molecule has 0 aliphatic rings. The molecule has 0 amide bonds. The van der Waals surface area contributed by atoms with Crippen molar-refractivity contribution in [3.63, 3.8) is 0 Å². The second kappa shape index (κ2) is 22.3. The molecular formula is C40H52O14S2. The first-order chi connectivity index (χ1) is 26.9. The lowest BCUT2D eigenvalue weighted by atomic mass is 9.89. The summed E-state index contributed by atoms with van der Waals surface area (Å²) in [7, 11) is -4.30. The van der Waals surface area contributed by atoms with Crippen LogP contribution in [0.25, 0.3) is 33.0 Å². The minimum atomic E-state index is -4.41. The van der Waals surface area contributed by atoms with Gasteiger partial charge >= 0.3 is 0 Å². The van der Waals surface area contributed by atoms with Gasteiger partial charge in [-0.1, -0.05) is 36.4 Å². The maximum atomic E-state index is 13.2. The Morgan fingerprint density at radius 2 is 0.946 bits per heavy atom. The Bertz CT molecular complexity index is 2080. The highest BCUT2D eigenvalue weighted by molar-refractivity contribution is 7.86. The van der Waals surface area contributed by atoms with E-state index in [0.29, 0.717) is 69.7 Å². The summed E-state index contributed by atoms with van der Waals surface area (Å²) in [4.78, 5) is -0.130. The van der Waals surface area contributed by atoms with E-state index in [1.807, 2.05) is 44.2 Å². The third-order valence-corrected chi connectivity index (χ3v) is 10.4. The van der Waals surface area contributed by atoms with E-state index in [1.54, 1.807) is 38.5 Å². The van der Waals surface area contributed by atoms with Crippen LogP contribution in [0.2, 0.25) is 0 Å². The van der Waals surface area contributed by atoms with Crippen molar-refractivity contribution in [2.45, 2.75) is 24.5 Å². The van der Waals surface area contributed by atoms with E-state index >= 15 is 0 Å². The molecule has 16 heteroatoms. The molecule has 0 heterocycles. The molecule has 1 N–H and O–H groups in total. The number of ether oxygens (including phenoxy) is 8. The Labute approximate surface area is 329 Å². The van der Waals surface area contributed by atoms with Crippen LogP contribution in [0.4, 0.5) is 0 Å². The third-order valence-electron chi connectivity index (χ3n) is 8.39. The van der Waals surface area contributed by atoms with Crippen molar-refractivity contribution in [3.8, 4) is 33.8 Å². The maximum absolute atomic E-state index is 13.2. The molecule has 0 bridgehead atoms. The lowest BCUT2D eigenvalue weighted by molar-refractivity contribution is 0.0177. The summed E-state index contributed by atoms with van der Waals surface area (Å²) >= 11 is 0. The van der Waals surface area contributed by atoms with Crippen LogP contribution in [0.15, 0.2) is 65.6 Å². The Balaban J connectivity index is 1.62. The van der Waals surface area contributed by atoms with E-state index in [4.69, 9.17) is 42.1 Å².